The summed E-state index contributed by atoms with van der Waals surface area (Å²) in [7, 11) is 3.03. The molecule has 0 atom stereocenters. The van der Waals surface area contributed by atoms with E-state index in [2.05, 4.69) is 30.1 Å². The highest BCUT2D eigenvalue weighted by atomic mass is 19.3. The third-order valence-electron chi connectivity index (χ3n) is 6.14. The van der Waals surface area contributed by atoms with Crippen LogP contribution in [0.4, 0.5) is 8.78 Å². The van der Waals surface area contributed by atoms with Gasteiger partial charge in [-0.2, -0.15) is 10.2 Å². The number of hydrogen-bond donors (Lipinski definition) is 0. The van der Waals surface area contributed by atoms with E-state index in [0.29, 0.717) is 40.9 Å². The molecule has 5 aromatic rings. The number of alkyl halides is 2. The maximum Gasteiger partial charge on any atom is 0.297 e. The van der Waals surface area contributed by atoms with E-state index in [1.807, 2.05) is 12.1 Å². The SMILES string of the molecule is COc1ncnc(C2CC2)c1-c1ncc2cnn(Cc3ccc(-c4nc(C(F)F)n(C)n4)cc3)c2n1. The van der Waals surface area contributed by atoms with Crippen molar-refractivity contribution in [2.45, 2.75) is 31.7 Å². The summed E-state index contributed by atoms with van der Waals surface area (Å²) in [6, 6.07) is 7.39. The highest BCUT2D eigenvalue weighted by Gasteiger charge is 2.31. The molecule has 1 aromatic carbocycles. The zero-order chi connectivity index (χ0) is 24.8. The van der Waals surface area contributed by atoms with Gasteiger partial charge in [0.05, 0.1) is 30.9 Å². The summed E-state index contributed by atoms with van der Waals surface area (Å²) >= 11 is 0. The van der Waals surface area contributed by atoms with Crippen molar-refractivity contribution in [1.29, 1.82) is 0 Å². The van der Waals surface area contributed by atoms with Gasteiger partial charge in [0, 0.05) is 24.7 Å². The Balaban J connectivity index is 1.31. The van der Waals surface area contributed by atoms with Crippen molar-refractivity contribution in [1.82, 2.24) is 44.5 Å². The minimum atomic E-state index is -2.68. The van der Waals surface area contributed by atoms with E-state index >= 15 is 0 Å². The van der Waals surface area contributed by atoms with Gasteiger partial charge in [0.1, 0.15) is 11.9 Å². The van der Waals surface area contributed by atoms with Gasteiger partial charge in [-0.3, -0.25) is 0 Å². The number of benzene rings is 1. The fourth-order valence-electron chi connectivity index (χ4n) is 4.16. The lowest BCUT2D eigenvalue weighted by Gasteiger charge is -2.11. The van der Waals surface area contributed by atoms with Crippen molar-refractivity contribution in [3.05, 3.63) is 60.1 Å². The number of aryl methyl sites for hydroxylation is 1. The molecule has 0 unspecified atom stereocenters. The van der Waals surface area contributed by atoms with Crippen LogP contribution in [-0.4, -0.2) is 51.6 Å². The van der Waals surface area contributed by atoms with Crippen molar-refractivity contribution < 1.29 is 13.5 Å². The zero-order valence-electron chi connectivity index (χ0n) is 19.5. The molecule has 0 bridgehead atoms. The number of fused-ring (bicyclic) bond motifs is 1. The predicted octanol–water partition coefficient (Wildman–Crippen LogP) is 3.95. The standard InChI is InChI=1S/C24H21F2N9O/c1-34-23(19(25)26)31-20(33-34)15-5-3-13(4-6-15)11-35-22-16(10-30-35)9-27-21(32-22)17-18(14-7-8-14)28-12-29-24(17)36-2/h3-6,9-10,12,14,19H,7-8,11H2,1-2H3. The van der Waals surface area contributed by atoms with Crippen LogP contribution in [0.25, 0.3) is 33.8 Å². The van der Waals surface area contributed by atoms with Crippen LogP contribution < -0.4 is 4.74 Å². The van der Waals surface area contributed by atoms with Gasteiger partial charge >= 0.3 is 0 Å². The number of rotatable bonds is 7. The molecule has 1 aliphatic carbocycles. The molecule has 182 valence electrons. The molecular weight excluding hydrogens is 468 g/mol. The minimum absolute atomic E-state index is 0.256. The quantitative estimate of drug-likeness (QED) is 0.338. The summed E-state index contributed by atoms with van der Waals surface area (Å²) in [5, 5.41) is 9.39. The Bertz CT molecular complexity index is 1560. The van der Waals surface area contributed by atoms with Gasteiger partial charge in [0.25, 0.3) is 6.43 Å². The Kier molecular flexibility index (Phi) is 5.35. The van der Waals surface area contributed by atoms with Gasteiger partial charge < -0.3 is 4.74 Å². The largest absolute Gasteiger partial charge is 0.480 e. The summed E-state index contributed by atoms with van der Waals surface area (Å²) < 4.78 is 34.5. The molecule has 36 heavy (non-hydrogen) atoms. The lowest BCUT2D eigenvalue weighted by molar-refractivity contribution is 0.135. The van der Waals surface area contributed by atoms with Gasteiger partial charge in [0.15, 0.2) is 23.1 Å². The molecule has 1 fully saturated rings. The van der Waals surface area contributed by atoms with E-state index in [1.54, 1.807) is 36.3 Å². The highest BCUT2D eigenvalue weighted by molar-refractivity contribution is 5.77. The van der Waals surface area contributed by atoms with E-state index in [1.165, 1.54) is 13.4 Å². The molecule has 0 N–H and O–H groups in total. The lowest BCUT2D eigenvalue weighted by atomic mass is 10.1. The molecule has 12 heteroatoms. The number of methoxy groups -OCH3 is 1. The summed E-state index contributed by atoms with van der Waals surface area (Å²) in [6.07, 6.45) is 4.43. The Morgan fingerprint density at radius 1 is 1.03 bits per heavy atom. The van der Waals surface area contributed by atoms with E-state index < -0.39 is 6.43 Å². The maximum atomic E-state index is 13.0. The third-order valence-corrected chi connectivity index (χ3v) is 6.14. The normalized spacial score (nSPS) is 13.6. The molecule has 4 heterocycles. The van der Waals surface area contributed by atoms with Crippen molar-refractivity contribution in [2.24, 2.45) is 7.05 Å². The average Bonchev–Trinajstić information content (AvgIpc) is 3.56. The summed E-state index contributed by atoms with van der Waals surface area (Å²) in [6.45, 7) is 0.454. The van der Waals surface area contributed by atoms with Crippen LogP contribution in [0, 0.1) is 0 Å². The third kappa shape index (κ3) is 3.93. The first kappa shape index (κ1) is 22.1. The van der Waals surface area contributed by atoms with Crippen molar-refractivity contribution in [3.8, 4) is 28.7 Å². The zero-order valence-corrected chi connectivity index (χ0v) is 19.5. The predicted molar refractivity (Wildman–Crippen MR) is 125 cm³/mol. The molecule has 1 aliphatic rings. The molecule has 4 aromatic heterocycles. The molecule has 0 radical (unpaired) electrons. The summed E-state index contributed by atoms with van der Waals surface area (Å²) in [5.74, 6) is 1.20. The fraction of sp³-hybridized carbons (Fsp3) is 0.292. The summed E-state index contributed by atoms with van der Waals surface area (Å²) in [5.41, 5.74) is 3.89. The van der Waals surface area contributed by atoms with E-state index in [9.17, 15) is 8.78 Å². The number of halogens is 2. The second kappa shape index (κ2) is 8.70. The van der Waals surface area contributed by atoms with Crippen LogP contribution in [0.15, 0.2) is 43.0 Å². The van der Waals surface area contributed by atoms with Gasteiger partial charge in [-0.1, -0.05) is 24.3 Å². The van der Waals surface area contributed by atoms with Crippen molar-refractivity contribution >= 4 is 11.0 Å². The first-order chi connectivity index (χ1) is 17.5. The van der Waals surface area contributed by atoms with Gasteiger partial charge in [-0.15, -0.1) is 0 Å². The molecule has 1 saturated carbocycles. The monoisotopic (exact) mass is 489 g/mol. The topological polar surface area (TPSA) is 109 Å². The molecule has 10 nitrogen and oxygen atoms in total. The van der Waals surface area contributed by atoms with Crippen LogP contribution >= 0.6 is 0 Å². The van der Waals surface area contributed by atoms with E-state index in [-0.39, 0.29) is 11.6 Å². The smallest absolute Gasteiger partial charge is 0.297 e. The maximum absolute atomic E-state index is 13.0. The molecule has 0 aliphatic heterocycles. The van der Waals surface area contributed by atoms with Gasteiger partial charge in [-0.25, -0.2) is 43.1 Å². The second-order valence-corrected chi connectivity index (χ2v) is 8.61. The molecule has 6 rings (SSSR count). The first-order valence-electron chi connectivity index (χ1n) is 11.4. The molecular formula is C24H21F2N9O. The Hall–Kier alpha value is -4.35. The lowest BCUT2D eigenvalue weighted by Crippen LogP contribution is -2.05. The highest BCUT2D eigenvalue weighted by Crippen LogP contribution is 2.44. The van der Waals surface area contributed by atoms with Crippen LogP contribution in [0.5, 0.6) is 5.88 Å². The molecule has 0 spiro atoms. The minimum Gasteiger partial charge on any atom is -0.480 e. The van der Waals surface area contributed by atoms with Crippen molar-refractivity contribution in [2.75, 3.05) is 7.11 Å². The number of ether oxygens (including phenoxy) is 1. The first-order valence-corrected chi connectivity index (χ1v) is 11.4. The summed E-state index contributed by atoms with van der Waals surface area (Å²) in [4.78, 5) is 22.1. The Morgan fingerprint density at radius 2 is 1.83 bits per heavy atom. The van der Waals surface area contributed by atoms with Crippen LogP contribution in [0.1, 0.15) is 42.3 Å². The second-order valence-electron chi connectivity index (χ2n) is 8.61. The Labute approximate surface area is 204 Å². The van der Waals surface area contributed by atoms with Gasteiger partial charge in [0.2, 0.25) is 5.88 Å². The number of aromatic nitrogens is 9. The van der Waals surface area contributed by atoms with Crippen LogP contribution in [0.2, 0.25) is 0 Å². The average molecular weight is 489 g/mol. The van der Waals surface area contributed by atoms with E-state index in [0.717, 1.165) is 34.2 Å². The van der Waals surface area contributed by atoms with Crippen molar-refractivity contribution in [3.63, 3.8) is 0 Å². The van der Waals surface area contributed by atoms with E-state index in [4.69, 9.17) is 9.72 Å². The van der Waals surface area contributed by atoms with Crippen LogP contribution in [0.3, 0.4) is 0 Å². The fourth-order valence-corrected chi connectivity index (χ4v) is 4.16. The number of nitrogens with zero attached hydrogens (tertiary/aromatic N) is 9. The van der Waals surface area contributed by atoms with Gasteiger partial charge in [-0.05, 0) is 18.4 Å². The molecule has 0 amide bonds. The molecule has 0 saturated heterocycles. The van der Waals surface area contributed by atoms with Crippen LogP contribution in [-0.2, 0) is 13.6 Å². The number of hydrogen-bond acceptors (Lipinski definition) is 8. The Morgan fingerprint density at radius 3 is 2.53 bits per heavy atom.